The maximum atomic E-state index is 12.6. The Morgan fingerprint density at radius 3 is 2.61 bits per heavy atom. The number of benzene rings is 1. The van der Waals surface area contributed by atoms with E-state index < -0.39 is 11.4 Å². The molecule has 0 saturated heterocycles. The van der Waals surface area contributed by atoms with Gasteiger partial charge < -0.3 is 10.1 Å². The molecule has 1 N–H and O–H groups in total. The van der Waals surface area contributed by atoms with Gasteiger partial charge in [0.1, 0.15) is 11.6 Å². The third-order valence-electron chi connectivity index (χ3n) is 4.35. The summed E-state index contributed by atoms with van der Waals surface area (Å²) in [6.07, 6.45) is 0.759. The molecular formula is C22H26N4O4S. The van der Waals surface area contributed by atoms with Crippen LogP contribution in [0.15, 0.2) is 35.1 Å². The number of hydrogen-bond acceptors (Lipinski definition) is 7. The maximum absolute atomic E-state index is 12.6. The lowest BCUT2D eigenvalue weighted by atomic mass is 9.95. The summed E-state index contributed by atoms with van der Waals surface area (Å²) in [7, 11) is 0. The van der Waals surface area contributed by atoms with E-state index >= 15 is 0 Å². The van der Waals surface area contributed by atoms with Gasteiger partial charge in [-0.05, 0) is 18.1 Å². The van der Waals surface area contributed by atoms with Crippen LogP contribution < -0.4 is 10.9 Å². The van der Waals surface area contributed by atoms with Crippen molar-refractivity contribution in [3.8, 4) is 0 Å². The van der Waals surface area contributed by atoms with Gasteiger partial charge in [-0.3, -0.25) is 9.59 Å². The second kappa shape index (κ2) is 8.97. The summed E-state index contributed by atoms with van der Waals surface area (Å²) in [5, 5.41) is 7.90. The average Bonchev–Trinajstić information content (AvgIpc) is 3.08. The van der Waals surface area contributed by atoms with Crippen LogP contribution in [0, 0.1) is 11.3 Å². The maximum Gasteiger partial charge on any atom is 0.340 e. The standard InChI is InChI=1S/C22H26N4O4S/c1-13(2)10-17-25-26-18(27)11-14(23-21(26)31-17)12-30-19(28)15-8-6-7-9-16(15)24-20(29)22(3,4)5/h6-9,11,13H,10,12H2,1-5H3,(H,24,29). The molecule has 164 valence electrons. The molecule has 0 bridgehead atoms. The van der Waals surface area contributed by atoms with Crippen LogP contribution in [0.1, 0.15) is 55.7 Å². The van der Waals surface area contributed by atoms with Gasteiger partial charge in [-0.15, -0.1) is 0 Å². The third-order valence-corrected chi connectivity index (χ3v) is 5.28. The summed E-state index contributed by atoms with van der Waals surface area (Å²) >= 11 is 1.35. The number of carbonyl (C=O) groups excluding carboxylic acids is 2. The number of nitrogens with one attached hydrogen (secondary N) is 1. The van der Waals surface area contributed by atoms with Gasteiger partial charge in [-0.25, -0.2) is 9.78 Å². The van der Waals surface area contributed by atoms with E-state index in [4.69, 9.17) is 4.74 Å². The van der Waals surface area contributed by atoms with Gasteiger partial charge in [0, 0.05) is 17.9 Å². The Bertz CT molecular complexity index is 1170. The van der Waals surface area contributed by atoms with Gasteiger partial charge >= 0.3 is 5.97 Å². The molecule has 31 heavy (non-hydrogen) atoms. The number of aromatic nitrogens is 3. The highest BCUT2D eigenvalue weighted by Gasteiger charge is 2.23. The Morgan fingerprint density at radius 1 is 1.23 bits per heavy atom. The van der Waals surface area contributed by atoms with Gasteiger partial charge in [0.25, 0.3) is 5.56 Å². The van der Waals surface area contributed by atoms with E-state index in [0.717, 1.165) is 11.4 Å². The summed E-state index contributed by atoms with van der Waals surface area (Å²) in [4.78, 5) is 42.2. The van der Waals surface area contributed by atoms with E-state index in [2.05, 4.69) is 29.2 Å². The fraction of sp³-hybridized carbons (Fsp3) is 0.409. The largest absolute Gasteiger partial charge is 0.456 e. The number of ether oxygens (including phenoxy) is 1. The summed E-state index contributed by atoms with van der Waals surface area (Å²) in [6.45, 7) is 9.36. The van der Waals surface area contributed by atoms with Crippen LogP contribution in [0.4, 0.5) is 5.69 Å². The molecule has 0 unspecified atom stereocenters. The predicted molar refractivity (Wildman–Crippen MR) is 119 cm³/mol. The highest BCUT2D eigenvalue weighted by atomic mass is 32.1. The fourth-order valence-corrected chi connectivity index (χ4v) is 3.83. The molecule has 0 aliphatic carbocycles. The van der Waals surface area contributed by atoms with Crippen molar-refractivity contribution in [1.29, 1.82) is 0 Å². The molecule has 0 spiro atoms. The Labute approximate surface area is 184 Å². The lowest BCUT2D eigenvalue weighted by Gasteiger charge is -2.19. The van der Waals surface area contributed by atoms with Crippen LogP contribution in [-0.2, 0) is 22.6 Å². The lowest BCUT2D eigenvalue weighted by molar-refractivity contribution is -0.123. The van der Waals surface area contributed by atoms with Gasteiger partial charge in [-0.2, -0.15) is 9.61 Å². The Kier molecular flexibility index (Phi) is 6.54. The fourth-order valence-electron chi connectivity index (χ4n) is 2.70. The number of nitrogens with zero attached hydrogens (tertiary/aromatic N) is 3. The van der Waals surface area contributed by atoms with Gasteiger partial charge in [0.05, 0.1) is 16.9 Å². The Balaban J connectivity index is 1.76. The molecule has 9 heteroatoms. The first kappa shape index (κ1) is 22.6. The van der Waals surface area contributed by atoms with E-state index in [1.807, 2.05) is 0 Å². The molecule has 0 atom stereocenters. The smallest absolute Gasteiger partial charge is 0.340 e. The summed E-state index contributed by atoms with van der Waals surface area (Å²) in [5.74, 6) is -0.414. The number of carbonyl (C=O) groups is 2. The monoisotopic (exact) mass is 442 g/mol. The molecule has 2 aromatic heterocycles. The van der Waals surface area contributed by atoms with Crippen LogP contribution in [0.2, 0.25) is 0 Å². The zero-order valence-corrected chi connectivity index (χ0v) is 19.1. The number of rotatable bonds is 6. The summed E-state index contributed by atoms with van der Waals surface area (Å²) in [6, 6.07) is 7.95. The molecule has 0 fully saturated rings. The first-order chi connectivity index (χ1) is 14.5. The average molecular weight is 443 g/mol. The molecule has 2 heterocycles. The Morgan fingerprint density at radius 2 is 1.94 bits per heavy atom. The quantitative estimate of drug-likeness (QED) is 0.584. The minimum Gasteiger partial charge on any atom is -0.456 e. The van der Waals surface area contributed by atoms with Crippen molar-refractivity contribution in [3.05, 3.63) is 57.0 Å². The molecule has 8 nitrogen and oxygen atoms in total. The van der Waals surface area contributed by atoms with E-state index in [-0.39, 0.29) is 23.6 Å². The van der Waals surface area contributed by atoms with E-state index in [0.29, 0.717) is 22.3 Å². The zero-order valence-electron chi connectivity index (χ0n) is 18.3. The molecule has 0 aliphatic rings. The van der Waals surface area contributed by atoms with Gasteiger partial charge in [0.2, 0.25) is 10.9 Å². The first-order valence-electron chi connectivity index (χ1n) is 10.0. The van der Waals surface area contributed by atoms with E-state index in [9.17, 15) is 14.4 Å². The van der Waals surface area contributed by atoms with Crippen LogP contribution in [0.25, 0.3) is 4.96 Å². The second-order valence-corrected chi connectivity index (χ2v) is 9.74. The topological polar surface area (TPSA) is 103 Å². The molecule has 0 aliphatic heterocycles. The third kappa shape index (κ3) is 5.55. The highest BCUT2D eigenvalue weighted by Crippen LogP contribution is 2.22. The molecule has 0 saturated carbocycles. The van der Waals surface area contributed by atoms with Gasteiger partial charge in [0.15, 0.2) is 0 Å². The van der Waals surface area contributed by atoms with Crippen molar-refractivity contribution in [2.24, 2.45) is 11.3 Å². The number of hydrogen-bond donors (Lipinski definition) is 1. The van der Waals surface area contributed by atoms with Gasteiger partial charge in [-0.1, -0.05) is 58.1 Å². The number of esters is 1. The molecule has 0 radical (unpaired) electrons. The molecular weight excluding hydrogens is 416 g/mol. The molecule has 3 rings (SSSR count). The number of para-hydroxylation sites is 1. The van der Waals surface area contributed by atoms with Crippen molar-refractivity contribution in [1.82, 2.24) is 14.6 Å². The molecule has 1 aromatic carbocycles. The predicted octanol–water partition coefficient (Wildman–Crippen LogP) is 3.69. The number of fused-ring (bicyclic) bond motifs is 1. The van der Waals surface area contributed by atoms with Crippen molar-refractivity contribution in [2.45, 2.75) is 47.6 Å². The Hall–Kier alpha value is -3.07. The number of anilines is 1. The second-order valence-electron chi connectivity index (χ2n) is 8.70. The van der Waals surface area contributed by atoms with Crippen LogP contribution >= 0.6 is 11.3 Å². The normalized spacial score (nSPS) is 11.7. The van der Waals surface area contributed by atoms with Crippen molar-refractivity contribution in [3.63, 3.8) is 0 Å². The lowest BCUT2D eigenvalue weighted by Crippen LogP contribution is -2.28. The van der Waals surface area contributed by atoms with Crippen molar-refractivity contribution >= 4 is 33.9 Å². The minimum atomic E-state index is -0.614. The minimum absolute atomic E-state index is 0.163. The molecule has 3 aromatic rings. The van der Waals surface area contributed by atoms with Crippen molar-refractivity contribution < 1.29 is 14.3 Å². The first-order valence-corrected chi connectivity index (χ1v) is 10.8. The highest BCUT2D eigenvalue weighted by molar-refractivity contribution is 7.16. The van der Waals surface area contributed by atoms with Crippen molar-refractivity contribution in [2.75, 3.05) is 5.32 Å². The van der Waals surface area contributed by atoms with Crippen LogP contribution in [0.5, 0.6) is 0 Å². The summed E-state index contributed by atoms with van der Waals surface area (Å²) < 4.78 is 6.65. The van der Waals surface area contributed by atoms with E-state index in [1.165, 1.54) is 21.9 Å². The summed E-state index contributed by atoms with van der Waals surface area (Å²) in [5.41, 5.74) is 0.0166. The van der Waals surface area contributed by atoms with Crippen LogP contribution in [-0.4, -0.2) is 26.5 Å². The SMILES string of the molecule is CC(C)Cc1nn2c(=O)cc(COC(=O)c3ccccc3NC(=O)C(C)(C)C)nc2s1. The van der Waals surface area contributed by atoms with E-state index in [1.54, 1.807) is 45.0 Å². The van der Waals surface area contributed by atoms with Crippen LogP contribution in [0.3, 0.4) is 0 Å². The number of amides is 1. The zero-order chi connectivity index (χ0) is 22.8. The molecule has 1 amide bonds.